The molecule has 23 heavy (non-hydrogen) atoms. The van der Waals surface area contributed by atoms with Crippen molar-refractivity contribution < 1.29 is 17.5 Å². The van der Waals surface area contributed by atoms with Gasteiger partial charge in [-0.1, -0.05) is 41.1 Å². The number of amides is 1. The first kappa shape index (κ1) is 19.3. The number of benzene rings is 1. The lowest BCUT2D eigenvalue weighted by Gasteiger charge is -2.14. The number of oxime groups is 1. The fraction of sp³-hybridized carbons (Fsp3) is 0.214. The fourth-order valence-corrected chi connectivity index (χ4v) is 3.21. The van der Waals surface area contributed by atoms with Crippen LogP contribution in [0.3, 0.4) is 0 Å². The average molecular weight is 372 g/mol. The smallest absolute Gasteiger partial charge is 0.296 e. The molecule has 0 unspecified atom stereocenters. The zero-order chi connectivity index (χ0) is 17.5. The van der Waals surface area contributed by atoms with Gasteiger partial charge < -0.3 is 0 Å². The van der Waals surface area contributed by atoms with Gasteiger partial charge in [-0.25, -0.2) is 0 Å². The van der Waals surface area contributed by atoms with E-state index >= 15 is 0 Å². The SMILES string of the molecule is C=CCN(C=O)C(=S)S/C(C)=N\OS(=O)(=O)c1ccc(C)cc1. The third-order valence-electron chi connectivity index (χ3n) is 2.50. The van der Waals surface area contributed by atoms with Crippen molar-refractivity contribution in [1.82, 2.24) is 4.90 Å². The molecule has 1 aromatic rings. The van der Waals surface area contributed by atoms with Gasteiger partial charge in [0.1, 0.15) is 14.3 Å². The standard InChI is InChI=1S/C14H16N2O4S3/c1-4-9-16(10-17)14(21)22-12(3)15-20-23(18,19)13-7-5-11(2)6-8-13/h4-8,10H,1,9H2,2-3H3/b15-12-. The van der Waals surface area contributed by atoms with E-state index in [9.17, 15) is 13.2 Å². The van der Waals surface area contributed by atoms with E-state index in [0.717, 1.165) is 17.3 Å². The lowest BCUT2D eigenvalue weighted by atomic mass is 10.2. The van der Waals surface area contributed by atoms with Crippen molar-refractivity contribution in [3.63, 3.8) is 0 Å². The van der Waals surface area contributed by atoms with Crippen LogP contribution >= 0.6 is 24.0 Å². The highest BCUT2D eigenvalue weighted by molar-refractivity contribution is 8.33. The van der Waals surface area contributed by atoms with Crippen LogP contribution in [0.15, 0.2) is 47.0 Å². The minimum Gasteiger partial charge on any atom is -0.296 e. The molecule has 0 bridgehead atoms. The van der Waals surface area contributed by atoms with Crippen molar-refractivity contribution in [2.24, 2.45) is 5.16 Å². The number of carbonyl (C=O) groups excluding carboxylic acids is 1. The maximum Gasteiger partial charge on any atom is 0.358 e. The maximum atomic E-state index is 12.0. The van der Waals surface area contributed by atoms with Gasteiger partial charge in [-0.3, -0.25) is 14.0 Å². The lowest BCUT2D eigenvalue weighted by molar-refractivity contribution is -0.114. The molecule has 1 amide bonds. The third kappa shape index (κ3) is 6.12. The molecule has 0 atom stereocenters. The summed E-state index contributed by atoms with van der Waals surface area (Å²) in [5, 5.41) is 3.80. The monoisotopic (exact) mass is 372 g/mol. The van der Waals surface area contributed by atoms with Crippen molar-refractivity contribution in [1.29, 1.82) is 0 Å². The summed E-state index contributed by atoms with van der Waals surface area (Å²) < 4.78 is 28.8. The Bertz CT molecular complexity index is 712. The van der Waals surface area contributed by atoms with E-state index in [0.29, 0.717) is 6.41 Å². The summed E-state index contributed by atoms with van der Waals surface area (Å²) in [5.41, 5.74) is 0.931. The van der Waals surface area contributed by atoms with Gasteiger partial charge in [0.25, 0.3) is 0 Å². The number of thioether (sulfide) groups is 1. The van der Waals surface area contributed by atoms with E-state index in [1.54, 1.807) is 12.1 Å². The number of hydrogen-bond acceptors (Lipinski definition) is 7. The van der Waals surface area contributed by atoms with Crippen molar-refractivity contribution in [2.75, 3.05) is 6.54 Å². The van der Waals surface area contributed by atoms with Crippen LogP contribution in [0.1, 0.15) is 12.5 Å². The van der Waals surface area contributed by atoms with Gasteiger partial charge in [0.05, 0.1) is 0 Å². The van der Waals surface area contributed by atoms with Gasteiger partial charge in [-0.05, 0) is 37.7 Å². The van der Waals surface area contributed by atoms with Crippen LogP contribution in [0.5, 0.6) is 0 Å². The van der Waals surface area contributed by atoms with Gasteiger partial charge in [0.2, 0.25) is 6.41 Å². The summed E-state index contributed by atoms with van der Waals surface area (Å²) >= 11 is 6.01. The summed E-state index contributed by atoms with van der Waals surface area (Å²) in [6.45, 7) is 7.14. The molecule has 0 aliphatic heterocycles. The van der Waals surface area contributed by atoms with Gasteiger partial charge in [-0.15, -0.1) is 6.58 Å². The highest BCUT2D eigenvalue weighted by Crippen LogP contribution is 2.16. The molecule has 0 fully saturated rings. The van der Waals surface area contributed by atoms with Gasteiger partial charge >= 0.3 is 10.1 Å². The van der Waals surface area contributed by atoms with E-state index in [4.69, 9.17) is 12.2 Å². The van der Waals surface area contributed by atoms with Gasteiger partial charge in [0.15, 0.2) is 0 Å². The Labute approximate surface area is 145 Å². The van der Waals surface area contributed by atoms with Crippen molar-refractivity contribution >= 4 is 49.9 Å². The van der Waals surface area contributed by atoms with Gasteiger partial charge in [-0.2, -0.15) is 8.42 Å². The lowest BCUT2D eigenvalue weighted by Crippen LogP contribution is -2.26. The summed E-state index contributed by atoms with van der Waals surface area (Å²) in [6.07, 6.45) is 2.08. The Morgan fingerprint density at radius 1 is 1.43 bits per heavy atom. The van der Waals surface area contributed by atoms with Crippen LogP contribution in [0.4, 0.5) is 0 Å². The molecule has 0 spiro atoms. The highest BCUT2D eigenvalue weighted by Gasteiger charge is 2.16. The molecule has 124 valence electrons. The molecule has 6 nitrogen and oxygen atoms in total. The van der Waals surface area contributed by atoms with Crippen LogP contribution in [-0.4, -0.2) is 35.6 Å². The number of nitrogens with zero attached hydrogens (tertiary/aromatic N) is 2. The highest BCUT2D eigenvalue weighted by atomic mass is 32.2. The third-order valence-corrected chi connectivity index (χ3v) is 4.88. The molecule has 0 N–H and O–H groups in total. The van der Waals surface area contributed by atoms with E-state index in [1.165, 1.54) is 30.0 Å². The maximum absolute atomic E-state index is 12.0. The molecular weight excluding hydrogens is 356 g/mol. The van der Waals surface area contributed by atoms with Crippen LogP contribution in [0, 0.1) is 6.92 Å². The number of rotatable bonds is 6. The number of aryl methyl sites for hydroxylation is 1. The number of hydrogen-bond donors (Lipinski definition) is 0. The number of thiocarbonyl (C=S) groups is 1. The zero-order valence-electron chi connectivity index (χ0n) is 12.6. The second-order valence-electron chi connectivity index (χ2n) is 4.37. The average Bonchev–Trinajstić information content (AvgIpc) is 2.51. The molecule has 0 aromatic heterocycles. The van der Waals surface area contributed by atoms with E-state index in [-0.39, 0.29) is 20.8 Å². The van der Waals surface area contributed by atoms with E-state index < -0.39 is 10.1 Å². The van der Waals surface area contributed by atoms with Crippen molar-refractivity contribution in [3.8, 4) is 0 Å². The minimum atomic E-state index is -3.99. The molecule has 1 rings (SSSR count). The predicted octanol–water partition coefficient (Wildman–Crippen LogP) is 2.70. The second kappa shape index (κ2) is 8.80. The molecule has 0 saturated carbocycles. The Kier molecular flexibility index (Phi) is 7.40. The summed E-state index contributed by atoms with van der Waals surface area (Å²) in [4.78, 5) is 12.1. The normalized spacial score (nSPS) is 11.7. The Morgan fingerprint density at radius 2 is 2.04 bits per heavy atom. The predicted molar refractivity (Wildman–Crippen MR) is 95.7 cm³/mol. The topological polar surface area (TPSA) is 76.0 Å². The van der Waals surface area contributed by atoms with Crippen LogP contribution < -0.4 is 0 Å². The fourth-order valence-electron chi connectivity index (χ4n) is 1.35. The van der Waals surface area contributed by atoms with Crippen LogP contribution in [-0.2, 0) is 19.2 Å². The quantitative estimate of drug-likeness (QED) is 0.191. The Hall–Kier alpha value is -1.71. The van der Waals surface area contributed by atoms with Crippen LogP contribution in [0.25, 0.3) is 0 Å². The summed E-state index contributed by atoms with van der Waals surface area (Å²) in [7, 11) is -3.99. The molecule has 1 aromatic carbocycles. The minimum absolute atomic E-state index is 0.00778. The second-order valence-corrected chi connectivity index (χ2v) is 7.72. The molecule has 0 saturated heterocycles. The zero-order valence-corrected chi connectivity index (χ0v) is 15.1. The largest absolute Gasteiger partial charge is 0.358 e. The first-order valence-electron chi connectivity index (χ1n) is 6.39. The molecule has 0 radical (unpaired) electrons. The Balaban J connectivity index is 2.75. The van der Waals surface area contributed by atoms with Crippen molar-refractivity contribution in [3.05, 3.63) is 42.5 Å². The van der Waals surface area contributed by atoms with E-state index in [2.05, 4.69) is 16.0 Å². The molecule has 0 heterocycles. The molecule has 0 aliphatic carbocycles. The molecular formula is C14H16N2O4S3. The summed E-state index contributed by atoms with van der Waals surface area (Å²) in [6, 6.07) is 6.19. The molecule has 9 heteroatoms. The molecule has 0 aliphatic rings. The first-order chi connectivity index (χ1) is 10.8. The number of carbonyl (C=O) groups is 1. The van der Waals surface area contributed by atoms with Crippen LogP contribution in [0.2, 0.25) is 0 Å². The van der Waals surface area contributed by atoms with Gasteiger partial charge in [0, 0.05) is 6.54 Å². The Morgan fingerprint density at radius 3 is 2.57 bits per heavy atom. The first-order valence-corrected chi connectivity index (χ1v) is 9.03. The van der Waals surface area contributed by atoms with E-state index in [1.807, 2.05) is 6.92 Å². The summed E-state index contributed by atoms with van der Waals surface area (Å²) in [5.74, 6) is 0. The van der Waals surface area contributed by atoms with Crippen molar-refractivity contribution in [2.45, 2.75) is 18.7 Å².